The molecule has 1 heterocycles. The predicted octanol–water partition coefficient (Wildman–Crippen LogP) is 1.53. The van der Waals surface area contributed by atoms with Gasteiger partial charge in [-0.3, -0.25) is 19.2 Å². The monoisotopic (exact) mass is 423 g/mol. The number of nitrogens with zero attached hydrogens (tertiary/aromatic N) is 2. The Morgan fingerprint density at radius 3 is 2.38 bits per heavy atom. The molecule has 0 bridgehead atoms. The Bertz CT molecular complexity index is 762. The number of hydrogen-bond donors (Lipinski definition) is 1. The van der Waals surface area contributed by atoms with Gasteiger partial charge in [0.15, 0.2) is 6.61 Å². The van der Waals surface area contributed by atoms with Gasteiger partial charge in [0.05, 0.1) is 12.5 Å². The summed E-state index contributed by atoms with van der Waals surface area (Å²) in [5.41, 5.74) is 0.840. The first-order valence-electron chi connectivity index (χ1n) is 9.50. The molecule has 158 valence electrons. The predicted molar refractivity (Wildman–Crippen MR) is 107 cm³/mol. The van der Waals surface area contributed by atoms with Crippen LogP contribution in [0.3, 0.4) is 0 Å². The highest BCUT2D eigenvalue weighted by molar-refractivity contribution is 6.30. The summed E-state index contributed by atoms with van der Waals surface area (Å²) in [4.78, 5) is 50.6. The second-order valence-corrected chi connectivity index (χ2v) is 7.33. The molecule has 1 aromatic carbocycles. The van der Waals surface area contributed by atoms with Crippen LogP contribution in [0.2, 0.25) is 5.02 Å². The van der Waals surface area contributed by atoms with Crippen molar-refractivity contribution in [2.75, 3.05) is 32.8 Å². The molecule has 1 aliphatic rings. The van der Waals surface area contributed by atoms with Crippen molar-refractivity contribution in [3.63, 3.8) is 0 Å². The van der Waals surface area contributed by atoms with E-state index in [0.29, 0.717) is 31.2 Å². The van der Waals surface area contributed by atoms with E-state index in [1.165, 1.54) is 6.92 Å². The summed E-state index contributed by atoms with van der Waals surface area (Å²) in [6, 6.07) is 6.84. The van der Waals surface area contributed by atoms with E-state index >= 15 is 0 Å². The van der Waals surface area contributed by atoms with Gasteiger partial charge in [0.25, 0.3) is 5.91 Å². The molecule has 1 atom stereocenters. The number of halogens is 1. The minimum Gasteiger partial charge on any atom is -0.456 e. The smallest absolute Gasteiger partial charge is 0.306 e. The van der Waals surface area contributed by atoms with Crippen LogP contribution < -0.4 is 5.32 Å². The maximum Gasteiger partial charge on any atom is 0.306 e. The molecule has 8 nitrogen and oxygen atoms in total. The van der Waals surface area contributed by atoms with Gasteiger partial charge < -0.3 is 19.9 Å². The number of carbonyl (C=O) groups excluding carboxylic acids is 4. The van der Waals surface area contributed by atoms with Crippen LogP contribution in [0.4, 0.5) is 0 Å². The number of benzene rings is 1. The summed E-state index contributed by atoms with van der Waals surface area (Å²) in [5.74, 6) is -1.21. The Hall–Kier alpha value is -2.61. The molecule has 29 heavy (non-hydrogen) atoms. The van der Waals surface area contributed by atoms with Crippen molar-refractivity contribution in [3.8, 4) is 0 Å². The van der Waals surface area contributed by atoms with Crippen molar-refractivity contribution >= 4 is 35.3 Å². The molecule has 0 aromatic heterocycles. The number of esters is 1. The zero-order chi connectivity index (χ0) is 21.4. The summed E-state index contributed by atoms with van der Waals surface area (Å²) in [7, 11) is 0. The molecule has 0 aliphatic carbocycles. The Morgan fingerprint density at radius 1 is 1.10 bits per heavy atom. The first-order valence-corrected chi connectivity index (χ1v) is 9.88. The third-order valence-corrected chi connectivity index (χ3v) is 4.95. The van der Waals surface area contributed by atoms with Crippen LogP contribution in [0.15, 0.2) is 24.3 Å². The van der Waals surface area contributed by atoms with Crippen molar-refractivity contribution in [2.45, 2.75) is 32.7 Å². The first-order chi connectivity index (χ1) is 13.8. The zero-order valence-electron chi connectivity index (χ0n) is 16.7. The average Bonchev–Trinajstić information content (AvgIpc) is 2.70. The minimum atomic E-state index is -0.605. The fourth-order valence-corrected chi connectivity index (χ4v) is 3.20. The van der Waals surface area contributed by atoms with Gasteiger partial charge >= 0.3 is 5.97 Å². The quantitative estimate of drug-likeness (QED) is 0.671. The lowest BCUT2D eigenvalue weighted by molar-refractivity contribution is -0.150. The van der Waals surface area contributed by atoms with Crippen molar-refractivity contribution < 1.29 is 23.9 Å². The normalized spacial score (nSPS) is 14.9. The van der Waals surface area contributed by atoms with Gasteiger partial charge in [-0.25, -0.2) is 0 Å². The van der Waals surface area contributed by atoms with E-state index in [1.54, 1.807) is 34.9 Å². The number of piperazine rings is 1. The maximum atomic E-state index is 12.2. The molecule has 2 rings (SSSR count). The molecule has 1 saturated heterocycles. The Labute approximate surface area is 175 Å². The summed E-state index contributed by atoms with van der Waals surface area (Å²) < 4.78 is 4.95. The lowest BCUT2D eigenvalue weighted by atomic mass is 10.1. The van der Waals surface area contributed by atoms with Crippen molar-refractivity contribution in [3.05, 3.63) is 34.9 Å². The highest BCUT2D eigenvalue weighted by Crippen LogP contribution is 2.17. The third kappa shape index (κ3) is 7.38. The van der Waals surface area contributed by atoms with Crippen LogP contribution in [0, 0.1) is 0 Å². The van der Waals surface area contributed by atoms with Crippen molar-refractivity contribution in [1.82, 2.24) is 15.1 Å². The second kappa shape index (κ2) is 10.8. The minimum absolute atomic E-state index is 0.0105. The molecule has 1 N–H and O–H groups in total. The van der Waals surface area contributed by atoms with Gasteiger partial charge in [-0.05, 0) is 24.6 Å². The van der Waals surface area contributed by atoms with E-state index in [2.05, 4.69) is 5.32 Å². The van der Waals surface area contributed by atoms with Crippen LogP contribution in [0.1, 0.15) is 38.3 Å². The fourth-order valence-electron chi connectivity index (χ4n) is 3.00. The lowest BCUT2D eigenvalue weighted by Gasteiger charge is -2.34. The number of ether oxygens (including phenoxy) is 1. The molecular formula is C20H26ClN3O5. The lowest BCUT2D eigenvalue weighted by Crippen LogP contribution is -2.50. The Kier molecular flexibility index (Phi) is 8.45. The van der Waals surface area contributed by atoms with Crippen LogP contribution >= 0.6 is 11.6 Å². The van der Waals surface area contributed by atoms with Crippen LogP contribution in [-0.2, 0) is 23.9 Å². The molecule has 1 aliphatic heterocycles. The first kappa shape index (κ1) is 22.7. The highest BCUT2D eigenvalue weighted by atomic mass is 35.5. The molecule has 0 radical (unpaired) electrons. The standard InChI is InChI=1S/C20H26ClN3O5/c1-14(16-4-3-5-17(21)12-16)22-18(26)13-29-20(28)7-6-19(27)24-10-8-23(9-11-24)15(2)25/h3-5,12,14H,6-11,13H2,1-2H3,(H,22,26)/t14-/m0/s1. The molecule has 3 amide bonds. The van der Waals surface area contributed by atoms with E-state index in [9.17, 15) is 19.2 Å². The number of rotatable bonds is 7. The number of carbonyl (C=O) groups is 4. The van der Waals surface area contributed by atoms with E-state index in [4.69, 9.17) is 16.3 Å². The van der Waals surface area contributed by atoms with E-state index < -0.39 is 18.5 Å². The summed E-state index contributed by atoms with van der Waals surface area (Å²) >= 11 is 5.94. The largest absolute Gasteiger partial charge is 0.456 e. The summed E-state index contributed by atoms with van der Waals surface area (Å²) in [5, 5.41) is 3.30. The molecular weight excluding hydrogens is 398 g/mol. The van der Waals surface area contributed by atoms with E-state index in [0.717, 1.165) is 5.56 Å². The van der Waals surface area contributed by atoms with Gasteiger partial charge in [-0.15, -0.1) is 0 Å². The zero-order valence-corrected chi connectivity index (χ0v) is 17.4. The van der Waals surface area contributed by atoms with E-state index in [1.807, 2.05) is 6.07 Å². The van der Waals surface area contributed by atoms with Gasteiger partial charge in [-0.2, -0.15) is 0 Å². The fraction of sp³-hybridized carbons (Fsp3) is 0.500. The van der Waals surface area contributed by atoms with Gasteiger partial charge in [0.1, 0.15) is 0 Å². The Morgan fingerprint density at radius 2 is 1.76 bits per heavy atom. The Balaban J connectivity index is 1.65. The van der Waals surface area contributed by atoms with Gasteiger partial charge in [0.2, 0.25) is 11.8 Å². The number of amides is 3. The van der Waals surface area contributed by atoms with E-state index in [-0.39, 0.29) is 30.7 Å². The molecule has 9 heteroatoms. The average molecular weight is 424 g/mol. The van der Waals surface area contributed by atoms with Crippen molar-refractivity contribution in [1.29, 1.82) is 0 Å². The maximum absolute atomic E-state index is 12.2. The third-order valence-electron chi connectivity index (χ3n) is 4.71. The molecule has 0 unspecified atom stereocenters. The molecule has 0 saturated carbocycles. The van der Waals surface area contributed by atoms with Gasteiger partial charge in [0, 0.05) is 44.5 Å². The molecule has 0 spiro atoms. The van der Waals surface area contributed by atoms with Crippen LogP contribution in [-0.4, -0.2) is 66.3 Å². The summed E-state index contributed by atoms with van der Waals surface area (Å²) in [6.07, 6.45) is -0.0810. The number of hydrogen-bond acceptors (Lipinski definition) is 5. The topological polar surface area (TPSA) is 96.0 Å². The molecule has 1 fully saturated rings. The van der Waals surface area contributed by atoms with Crippen LogP contribution in [0.5, 0.6) is 0 Å². The van der Waals surface area contributed by atoms with Crippen molar-refractivity contribution in [2.24, 2.45) is 0 Å². The number of nitrogens with one attached hydrogen (secondary N) is 1. The summed E-state index contributed by atoms with van der Waals surface area (Å²) in [6.45, 7) is 4.80. The highest BCUT2D eigenvalue weighted by Gasteiger charge is 2.23. The SMILES string of the molecule is CC(=O)N1CCN(C(=O)CCC(=O)OCC(=O)N[C@@H](C)c2cccc(Cl)c2)CC1. The second-order valence-electron chi connectivity index (χ2n) is 6.89. The van der Waals surface area contributed by atoms with Gasteiger partial charge in [-0.1, -0.05) is 23.7 Å². The van der Waals surface area contributed by atoms with Crippen LogP contribution in [0.25, 0.3) is 0 Å². The molecule has 1 aromatic rings.